The molecule has 0 fully saturated rings. The van der Waals surface area contributed by atoms with Gasteiger partial charge in [-0.1, -0.05) is 121 Å². The molecule has 4 N–H and O–H groups in total. The Morgan fingerprint density at radius 3 is 1.67 bits per heavy atom. The first-order valence-electron chi connectivity index (χ1n) is 15.3. The van der Waals surface area contributed by atoms with E-state index in [4.69, 9.17) is 5.11 Å². The van der Waals surface area contributed by atoms with Crippen molar-refractivity contribution in [1.29, 1.82) is 0 Å². The first-order chi connectivity index (χ1) is 22.3. The molecule has 1 atom stereocenters. The summed E-state index contributed by atoms with van der Waals surface area (Å²) in [6, 6.07) is 37.4. The Kier molecular flexibility index (Phi) is 12.1. The molecule has 9 heteroatoms. The molecule has 0 radical (unpaired) electrons. The smallest absolute Gasteiger partial charge is 0.407 e. The fraction of sp³-hybridized carbons (Fsp3) is 0.243. The summed E-state index contributed by atoms with van der Waals surface area (Å²) >= 11 is 0. The van der Waals surface area contributed by atoms with Crippen molar-refractivity contribution in [3.8, 4) is 0 Å². The van der Waals surface area contributed by atoms with Crippen molar-refractivity contribution in [2.24, 2.45) is 0 Å². The number of amides is 4. The summed E-state index contributed by atoms with van der Waals surface area (Å²) in [7, 11) is 1.39. The second-order valence-electron chi connectivity index (χ2n) is 11.1. The summed E-state index contributed by atoms with van der Waals surface area (Å²) in [6.07, 6.45) is -0.0284. The van der Waals surface area contributed by atoms with Gasteiger partial charge in [0.2, 0.25) is 17.7 Å². The third kappa shape index (κ3) is 9.04. The zero-order valence-electron chi connectivity index (χ0n) is 25.9. The molecule has 0 saturated carbocycles. The topological polar surface area (TPSA) is 128 Å². The van der Waals surface area contributed by atoms with Crippen LogP contribution in [0.1, 0.15) is 41.5 Å². The third-order valence-electron chi connectivity index (χ3n) is 7.77. The molecule has 46 heavy (non-hydrogen) atoms. The first-order valence-corrected chi connectivity index (χ1v) is 15.3. The van der Waals surface area contributed by atoms with Crippen molar-refractivity contribution < 1.29 is 24.3 Å². The molecule has 0 heterocycles. The van der Waals surface area contributed by atoms with Crippen LogP contribution < -0.4 is 16.0 Å². The minimum absolute atomic E-state index is 0.0195. The van der Waals surface area contributed by atoms with E-state index in [0.29, 0.717) is 12.8 Å². The van der Waals surface area contributed by atoms with Crippen LogP contribution in [0, 0.1) is 0 Å². The number of hydrogen-bond donors (Lipinski definition) is 4. The van der Waals surface area contributed by atoms with E-state index in [1.165, 1.54) is 7.05 Å². The highest BCUT2D eigenvalue weighted by Gasteiger charge is 2.38. The van der Waals surface area contributed by atoms with Crippen LogP contribution in [0.25, 0.3) is 0 Å². The van der Waals surface area contributed by atoms with Crippen molar-refractivity contribution in [2.45, 2.75) is 37.3 Å². The van der Waals surface area contributed by atoms with Gasteiger partial charge in [-0.25, -0.2) is 4.79 Å². The largest absolute Gasteiger partial charge is 0.465 e. The quantitative estimate of drug-likeness (QED) is 0.143. The zero-order chi connectivity index (χ0) is 32.8. The third-order valence-corrected chi connectivity index (χ3v) is 7.77. The molecule has 0 saturated heterocycles. The molecule has 0 spiro atoms. The molecule has 4 aromatic carbocycles. The number of hydrogen-bond acceptors (Lipinski definition) is 4. The Morgan fingerprint density at radius 1 is 0.717 bits per heavy atom. The van der Waals surface area contributed by atoms with E-state index in [1.807, 2.05) is 121 Å². The second kappa shape index (κ2) is 16.6. The highest BCUT2D eigenvalue weighted by molar-refractivity contribution is 5.92. The van der Waals surface area contributed by atoms with E-state index in [2.05, 4.69) is 16.0 Å². The summed E-state index contributed by atoms with van der Waals surface area (Å²) in [6.45, 7) is 0.0652. The maximum Gasteiger partial charge on any atom is 0.407 e. The number of likely N-dealkylation sites (N-methyl/N-ethyl adjacent to an activating group) is 1. The molecule has 0 bridgehead atoms. The Hall–Kier alpha value is -5.44. The van der Waals surface area contributed by atoms with Gasteiger partial charge in [0.05, 0.1) is 6.42 Å². The van der Waals surface area contributed by atoms with Gasteiger partial charge in [0.1, 0.15) is 11.6 Å². The molecule has 0 aliphatic heterocycles. The van der Waals surface area contributed by atoms with E-state index in [9.17, 15) is 19.2 Å². The second-order valence-corrected chi connectivity index (χ2v) is 11.1. The van der Waals surface area contributed by atoms with Crippen LogP contribution in [0.4, 0.5) is 4.79 Å². The zero-order valence-corrected chi connectivity index (χ0v) is 25.9. The van der Waals surface area contributed by atoms with E-state index in [1.54, 1.807) is 0 Å². The highest BCUT2D eigenvalue weighted by Crippen LogP contribution is 2.36. The number of rotatable bonds is 15. The monoisotopic (exact) mass is 620 g/mol. The summed E-state index contributed by atoms with van der Waals surface area (Å²) < 4.78 is 0. The van der Waals surface area contributed by atoms with Gasteiger partial charge in [0.15, 0.2) is 0 Å². The molecule has 4 amide bonds. The molecular formula is C37H40N4O5. The van der Waals surface area contributed by atoms with Gasteiger partial charge in [-0.2, -0.15) is 0 Å². The van der Waals surface area contributed by atoms with Crippen LogP contribution in [-0.4, -0.2) is 60.0 Å². The molecule has 0 aliphatic carbocycles. The van der Waals surface area contributed by atoms with Crippen LogP contribution in [0.3, 0.4) is 0 Å². The minimum atomic E-state index is -1.18. The average molecular weight is 621 g/mol. The van der Waals surface area contributed by atoms with Gasteiger partial charge < -0.3 is 26.0 Å². The number of carbonyl (C=O) groups excluding carboxylic acids is 3. The Bertz CT molecular complexity index is 1470. The van der Waals surface area contributed by atoms with Gasteiger partial charge in [0, 0.05) is 26.6 Å². The number of nitrogens with zero attached hydrogens (tertiary/aromatic N) is 1. The van der Waals surface area contributed by atoms with Crippen molar-refractivity contribution in [3.63, 3.8) is 0 Å². The highest BCUT2D eigenvalue weighted by atomic mass is 16.4. The van der Waals surface area contributed by atoms with Crippen molar-refractivity contribution in [3.05, 3.63) is 144 Å². The maximum atomic E-state index is 14.0. The number of aryl methyl sites for hydroxylation is 1. The van der Waals surface area contributed by atoms with Crippen molar-refractivity contribution in [1.82, 2.24) is 20.9 Å². The Balaban J connectivity index is 1.57. The molecule has 9 nitrogen and oxygen atoms in total. The number of benzene rings is 4. The van der Waals surface area contributed by atoms with Crippen molar-refractivity contribution >= 4 is 23.8 Å². The van der Waals surface area contributed by atoms with E-state index in [0.717, 1.165) is 27.2 Å². The molecule has 238 valence electrons. The van der Waals surface area contributed by atoms with Gasteiger partial charge in [-0.15, -0.1) is 0 Å². The average Bonchev–Trinajstić information content (AvgIpc) is 3.08. The number of carboxylic acid groups (broad SMARTS) is 1. The Labute approximate surface area is 269 Å². The fourth-order valence-corrected chi connectivity index (χ4v) is 5.37. The molecule has 4 rings (SSSR count). The van der Waals surface area contributed by atoms with Crippen LogP contribution >= 0.6 is 0 Å². The standard InChI is InChI=1S/C37H40N4O5/c1-41(36(45)46)26-25-38-35(44)32(39-33(42)24-14-17-28-15-6-2-7-16-28)27-34(43)40-37(29-18-8-3-9-19-29,30-20-10-4-11-21-30)31-22-12-5-13-23-31/h2-13,15-16,18-23,32H,14,17,24-27H2,1H3,(H,38,44)(H,39,42)(H,40,43)(H,45,46)/t32-/m1/s1. The van der Waals surface area contributed by atoms with Crippen LogP contribution in [-0.2, 0) is 26.3 Å². The van der Waals surface area contributed by atoms with Crippen LogP contribution in [0.15, 0.2) is 121 Å². The van der Waals surface area contributed by atoms with Crippen LogP contribution in [0.2, 0.25) is 0 Å². The van der Waals surface area contributed by atoms with Crippen molar-refractivity contribution in [2.75, 3.05) is 20.1 Å². The van der Waals surface area contributed by atoms with Gasteiger partial charge in [0.25, 0.3) is 0 Å². The molecule has 0 aromatic heterocycles. The molecule has 4 aromatic rings. The number of nitrogens with one attached hydrogen (secondary N) is 3. The Morgan fingerprint density at radius 2 is 1.20 bits per heavy atom. The van der Waals surface area contributed by atoms with E-state index in [-0.39, 0.29) is 31.8 Å². The maximum absolute atomic E-state index is 14.0. The predicted octanol–water partition coefficient (Wildman–Crippen LogP) is 4.72. The SMILES string of the molecule is CN(CCNC(=O)[C@@H](CC(=O)NC(c1ccccc1)(c1ccccc1)c1ccccc1)NC(=O)CCCc1ccccc1)C(=O)O. The lowest BCUT2D eigenvalue weighted by Gasteiger charge is -2.37. The lowest BCUT2D eigenvalue weighted by atomic mass is 9.77. The van der Waals surface area contributed by atoms with Gasteiger partial charge in [-0.3, -0.25) is 14.4 Å². The normalized spacial score (nSPS) is 11.6. The summed E-state index contributed by atoms with van der Waals surface area (Å²) in [5, 5.41) is 17.8. The molecular weight excluding hydrogens is 580 g/mol. The number of carbonyl (C=O) groups is 4. The van der Waals surface area contributed by atoms with E-state index >= 15 is 0 Å². The van der Waals surface area contributed by atoms with Gasteiger partial charge >= 0.3 is 6.09 Å². The minimum Gasteiger partial charge on any atom is -0.465 e. The van der Waals surface area contributed by atoms with Crippen LogP contribution in [0.5, 0.6) is 0 Å². The summed E-state index contributed by atoms with van der Waals surface area (Å²) in [5.41, 5.74) is 2.48. The van der Waals surface area contributed by atoms with Gasteiger partial charge in [-0.05, 0) is 35.1 Å². The summed E-state index contributed by atoms with van der Waals surface area (Å²) in [4.78, 5) is 52.7. The lowest BCUT2D eigenvalue weighted by Crippen LogP contribution is -2.53. The first kappa shape index (κ1) is 33.5. The van der Waals surface area contributed by atoms with E-state index < -0.39 is 29.5 Å². The lowest BCUT2D eigenvalue weighted by molar-refractivity contribution is -0.132. The summed E-state index contributed by atoms with van der Waals surface area (Å²) in [5.74, 6) is -1.38. The fourth-order valence-electron chi connectivity index (χ4n) is 5.37. The predicted molar refractivity (Wildman–Crippen MR) is 177 cm³/mol. The molecule has 0 aliphatic rings. The molecule has 0 unspecified atom stereocenters.